The predicted octanol–water partition coefficient (Wildman–Crippen LogP) is 2.91. The first-order valence-electron chi connectivity index (χ1n) is 9.40. The summed E-state index contributed by atoms with van der Waals surface area (Å²) in [6.07, 6.45) is 0.995. The number of carboxylic acids is 1. The second-order valence-corrected chi connectivity index (χ2v) is 8.92. The maximum atomic E-state index is 12.8. The van der Waals surface area contributed by atoms with Gasteiger partial charge < -0.3 is 5.11 Å². The first-order chi connectivity index (χ1) is 14.2. The SMILES string of the molecule is Cc1ccccc1C1CC(c2ccccc2NS(C)(=O)=O)=NN1C(=O)CCC(=O)O. The number of nitrogens with one attached hydrogen (secondary N) is 1. The van der Waals surface area contributed by atoms with Gasteiger partial charge in [0, 0.05) is 18.4 Å². The molecule has 1 unspecified atom stereocenters. The van der Waals surface area contributed by atoms with E-state index < -0.39 is 27.9 Å². The Kier molecular flexibility index (Phi) is 6.21. The molecular formula is C21H23N3O5S. The molecule has 0 fully saturated rings. The number of para-hydroxylation sites is 1. The largest absolute Gasteiger partial charge is 0.481 e. The molecule has 0 saturated heterocycles. The molecule has 0 saturated carbocycles. The van der Waals surface area contributed by atoms with Crippen LogP contribution in [0.4, 0.5) is 5.69 Å². The third-order valence-corrected chi connectivity index (χ3v) is 5.39. The number of hydrazone groups is 1. The summed E-state index contributed by atoms with van der Waals surface area (Å²) in [6, 6.07) is 14.1. The fourth-order valence-electron chi connectivity index (χ4n) is 3.46. The van der Waals surface area contributed by atoms with E-state index in [2.05, 4.69) is 9.82 Å². The topological polar surface area (TPSA) is 116 Å². The number of sulfonamides is 1. The van der Waals surface area contributed by atoms with Gasteiger partial charge in [0.25, 0.3) is 0 Å². The molecule has 9 heteroatoms. The molecule has 2 N–H and O–H groups in total. The normalized spacial score (nSPS) is 16.3. The number of aliphatic carboxylic acids is 1. The molecule has 8 nitrogen and oxygen atoms in total. The Balaban J connectivity index is 2.01. The van der Waals surface area contributed by atoms with Gasteiger partial charge in [-0.15, -0.1) is 0 Å². The summed E-state index contributed by atoms with van der Waals surface area (Å²) in [5.41, 5.74) is 3.40. The zero-order valence-corrected chi connectivity index (χ0v) is 17.5. The minimum absolute atomic E-state index is 0.169. The molecule has 0 radical (unpaired) electrons. The van der Waals surface area contributed by atoms with Crippen LogP contribution in [0.15, 0.2) is 53.6 Å². The first kappa shape index (κ1) is 21.5. The molecule has 1 aliphatic rings. The molecule has 1 amide bonds. The van der Waals surface area contributed by atoms with E-state index in [-0.39, 0.29) is 12.8 Å². The molecule has 2 aromatic rings. The highest BCUT2D eigenvalue weighted by atomic mass is 32.2. The molecule has 3 rings (SSSR count). The van der Waals surface area contributed by atoms with Gasteiger partial charge in [0.2, 0.25) is 15.9 Å². The summed E-state index contributed by atoms with van der Waals surface area (Å²) in [5, 5.41) is 14.8. The van der Waals surface area contributed by atoms with Crippen molar-refractivity contribution in [1.29, 1.82) is 0 Å². The van der Waals surface area contributed by atoms with Crippen LogP contribution in [-0.4, -0.2) is 42.4 Å². The van der Waals surface area contributed by atoms with E-state index in [9.17, 15) is 18.0 Å². The van der Waals surface area contributed by atoms with Gasteiger partial charge in [-0.2, -0.15) is 5.10 Å². The smallest absolute Gasteiger partial charge is 0.303 e. The van der Waals surface area contributed by atoms with Crippen LogP contribution in [0.5, 0.6) is 0 Å². The van der Waals surface area contributed by atoms with E-state index in [1.54, 1.807) is 24.3 Å². The fourth-order valence-corrected chi connectivity index (χ4v) is 4.04. The Morgan fingerprint density at radius 2 is 1.80 bits per heavy atom. The third kappa shape index (κ3) is 5.04. The van der Waals surface area contributed by atoms with Gasteiger partial charge in [-0.05, 0) is 24.1 Å². The van der Waals surface area contributed by atoms with Gasteiger partial charge in [-0.3, -0.25) is 14.3 Å². The first-order valence-corrected chi connectivity index (χ1v) is 11.3. The standard InChI is InChI=1S/C21H23N3O5S/c1-14-7-3-4-8-15(14)19-13-18(22-24(19)20(25)11-12-21(26)27)16-9-5-6-10-17(16)23-30(2,28)29/h3-10,19,23H,11-13H2,1-2H3,(H,26,27). The molecule has 2 aromatic carbocycles. The lowest BCUT2D eigenvalue weighted by atomic mass is 9.94. The van der Waals surface area contributed by atoms with Gasteiger partial charge in [-0.25, -0.2) is 13.4 Å². The molecule has 1 heterocycles. The zero-order chi connectivity index (χ0) is 21.9. The molecule has 0 spiro atoms. The molecular weight excluding hydrogens is 406 g/mol. The summed E-state index contributed by atoms with van der Waals surface area (Å²) in [6.45, 7) is 1.94. The van der Waals surface area contributed by atoms with Crippen LogP contribution in [0.25, 0.3) is 0 Å². The van der Waals surface area contributed by atoms with Gasteiger partial charge in [0.1, 0.15) is 0 Å². The number of rotatable bonds is 7. The quantitative estimate of drug-likeness (QED) is 0.702. The predicted molar refractivity (Wildman–Crippen MR) is 114 cm³/mol. The van der Waals surface area contributed by atoms with Crippen molar-refractivity contribution in [2.45, 2.75) is 32.2 Å². The van der Waals surface area contributed by atoms with Crippen molar-refractivity contribution < 1.29 is 23.1 Å². The number of hydrogen-bond acceptors (Lipinski definition) is 5. The Morgan fingerprint density at radius 3 is 2.47 bits per heavy atom. The number of aryl methyl sites for hydroxylation is 1. The van der Waals surface area contributed by atoms with Crippen molar-refractivity contribution in [3.8, 4) is 0 Å². The number of benzene rings is 2. The maximum absolute atomic E-state index is 12.8. The Morgan fingerprint density at radius 1 is 1.13 bits per heavy atom. The highest BCUT2D eigenvalue weighted by molar-refractivity contribution is 7.92. The van der Waals surface area contributed by atoms with E-state index in [1.165, 1.54) is 5.01 Å². The second-order valence-electron chi connectivity index (χ2n) is 7.18. The number of anilines is 1. The molecule has 1 atom stereocenters. The minimum Gasteiger partial charge on any atom is -0.481 e. The highest BCUT2D eigenvalue weighted by Gasteiger charge is 2.34. The van der Waals surface area contributed by atoms with Gasteiger partial charge in [-0.1, -0.05) is 42.5 Å². The monoisotopic (exact) mass is 429 g/mol. The zero-order valence-electron chi connectivity index (χ0n) is 16.7. The van der Waals surface area contributed by atoms with E-state index in [4.69, 9.17) is 5.11 Å². The minimum atomic E-state index is -3.50. The Bertz CT molecular complexity index is 1110. The molecule has 0 bridgehead atoms. The average Bonchev–Trinajstić information content (AvgIpc) is 3.10. The summed E-state index contributed by atoms with van der Waals surface area (Å²) < 4.78 is 26.0. The highest BCUT2D eigenvalue weighted by Crippen LogP contribution is 2.36. The second kappa shape index (κ2) is 8.66. The molecule has 1 aliphatic heterocycles. The summed E-state index contributed by atoms with van der Waals surface area (Å²) in [7, 11) is -3.50. The fraction of sp³-hybridized carbons (Fsp3) is 0.286. The van der Waals surface area contributed by atoms with Gasteiger partial charge >= 0.3 is 5.97 Å². The van der Waals surface area contributed by atoms with Crippen LogP contribution in [-0.2, 0) is 19.6 Å². The van der Waals surface area contributed by atoms with Crippen molar-refractivity contribution in [3.05, 3.63) is 65.2 Å². The summed E-state index contributed by atoms with van der Waals surface area (Å²) in [4.78, 5) is 23.7. The maximum Gasteiger partial charge on any atom is 0.303 e. The van der Waals surface area contributed by atoms with E-state index in [0.29, 0.717) is 23.4 Å². The van der Waals surface area contributed by atoms with E-state index in [1.807, 2.05) is 31.2 Å². The average molecular weight is 429 g/mol. The lowest BCUT2D eigenvalue weighted by molar-refractivity contribution is -0.141. The van der Waals surface area contributed by atoms with Crippen molar-refractivity contribution in [2.24, 2.45) is 5.10 Å². The number of nitrogens with zero attached hydrogens (tertiary/aromatic N) is 2. The molecule has 158 valence electrons. The van der Waals surface area contributed by atoms with Crippen LogP contribution in [0, 0.1) is 6.92 Å². The third-order valence-electron chi connectivity index (χ3n) is 4.80. The number of carboxylic acid groups (broad SMARTS) is 1. The van der Waals surface area contributed by atoms with Gasteiger partial charge in [0.15, 0.2) is 0 Å². The number of amides is 1. The number of carbonyl (C=O) groups excluding carboxylic acids is 1. The number of carbonyl (C=O) groups is 2. The van der Waals surface area contributed by atoms with Crippen LogP contribution in [0.3, 0.4) is 0 Å². The summed E-state index contributed by atoms with van der Waals surface area (Å²) in [5.74, 6) is -1.45. The lowest BCUT2D eigenvalue weighted by Crippen LogP contribution is -2.27. The van der Waals surface area contributed by atoms with Crippen molar-refractivity contribution in [1.82, 2.24) is 5.01 Å². The Hall–Kier alpha value is -3.20. The summed E-state index contributed by atoms with van der Waals surface area (Å²) >= 11 is 0. The van der Waals surface area contributed by atoms with Gasteiger partial charge in [0.05, 0.1) is 30.1 Å². The Labute approximate surface area is 175 Å². The molecule has 0 aromatic heterocycles. The van der Waals surface area contributed by atoms with Crippen LogP contribution in [0.1, 0.15) is 42.0 Å². The van der Waals surface area contributed by atoms with Crippen LogP contribution in [0.2, 0.25) is 0 Å². The van der Waals surface area contributed by atoms with Crippen molar-refractivity contribution in [2.75, 3.05) is 11.0 Å². The molecule has 0 aliphatic carbocycles. The number of hydrogen-bond donors (Lipinski definition) is 2. The molecule has 30 heavy (non-hydrogen) atoms. The van der Waals surface area contributed by atoms with Crippen LogP contribution < -0.4 is 4.72 Å². The van der Waals surface area contributed by atoms with Crippen molar-refractivity contribution in [3.63, 3.8) is 0 Å². The van der Waals surface area contributed by atoms with E-state index >= 15 is 0 Å². The van der Waals surface area contributed by atoms with Crippen LogP contribution >= 0.6 is 0 Å². The lowest BCUT2D eigenvalue weighted by Gasteiger charge is -2.23. The van der Waals surface area contributed by atoms with Crippen molar-refractivity contribution >= 4 is 33.3 Å². The van der Waals surface area contributed by atoms with E-state index in [0.717, 1.165) is 17.4 Å².